The fraction of sp³-hybridized carbons (Fsp3) is 0.111. The van der Waals surface area contributed by atoms with Crippen molar-refractivity contribution >= 4 is 23.6 Å². The Labute approximate surface area is 129 Å². The van der Waals surface area contributed by atoms with Crippen molar-refractivity contribution in [2.24, 2.45) is 5.73 Å². The summed E-state index contributed by atoms with van der Waals surface area (Å²) in [6.07, 6.45) is 3.46. The van der Waals surface area contributed by atoms with E-state index in [9.17, 15) is 9.59 Å². The Balaban J connectivity index is 1.95. The normalized spacial score (nSPS) is 10.6. The molecule has 0 saturated heterocycles. The number of carbonyl (C=O) groups is 2. The molecule has 2 rings (SSSR count). The van der Waals surface area contributed by atoms with Gasteiger partial charge in [-0.1, -0.05) is 42.0 Å². The number of rotatable bonds is 5. The Kier molecular flexibility index (Phi) is 5.09. The third-order valence-corrected chi connectivity index (χ3v) is 3.07. The first-order valence-corrected chi connectivity index (χ1v) is 6.96. The van der Waals surface area contributed by atoms with Crippen LogP contribution in [0.25, 0.3) is 6.08 Å². The lowest BCUT2D eigenvalue weighted by Gasteiger charge is -2.03. The first-order valence-electron chi connectivity index (χ1n) is 6.96. The average molecular weight is 294 g/mol. The van der Waals surface area contributed by atoms with E-state index in [0.717, 1.165) is 16.7 Å². The van der Waals surface area contributed by atoms with Gasteiger partial charge in [-0.05, 0) is 36.3 Å². The molecule has 4 nitrogen and oxygen atoms in total. The minimum atomic E-state index is -0.377. The third-order valence-electron chi connectivity index (χ3n) is 3.07. The van der Waals surface area contributed by atoms with E-state index in [0.29, 0.717) is 5.69 Å². The average Bonchev–Trinajstić information content (AvgIpc) is 2.47. The Morgan fingerprint density at radius 1 is 1.14 bits per heavy atom. The van der Waals surface area contributed by atoms with E-state index in [2.05, 4.69) is 5.32 Å². The van der Waals surface area contributed by atoms with Gasteiger partial charge in [0.1, 0.15) is 0 Å². The van der Waals surface area contributed by atoms with Crippen LogP contribution in [-0.4, -0.2) is 11.8 Å². The van der Waals surface area contributed by atoms with Crippen LogP contribution in [0.5, 0.6) is 0 Å². The molecule has 0 heterocycles. The molecule has 0 fully saturated rings. The second-order valence-corrected chi connectivity index (χ2v) is 5.08. The van der Waals surface area contributed by atoms with Gasteiger partial charge >= 0.3 is 0 Å². The first kappa shape index (κ1) is 15.5. The van der Waals surface area contributed by atoms with Gasteiger partial charge in [-0.3, -0.25) is 9.59 Å². The van der Waals surface area contributed by atoms with Gasteiger partial charge in [0.05, 0.1) is 6.42 Å². The Morgan fingerprint density at radius 3 is 2.50 bits per heavy atom. The zero-order chi connectivity index (χ0) is 15.9. The zero-order valence-corrected chi connectivity index (χ0v) is 12.4. The Morgan fingerprint density at radius 2 is 1.86 bits per heavy atom. The highest BCUT2D eigenvalue weighted by Crippen LogP contribution is 2.11. The van der Waals surface area contributed by atoms with Crippen LogP contribution in [0.3, 0.4) is 0 Å². The standard InChI is InChI=1S/C18H18N2O2/c1-13-3-2-4-14(11-13)7-10-18(22)20-16-8-5-15(6-9-16)12-17(19)21/h2-11H,12H2,1H3,(H2,19,21)(H,20,22)/b10-7+. The summed E-state index contributed by atoms with van der Waals surface area (Å²) in [6.45, 7) is 2.01. The number of primary amides is 1. The van der Waals surface area contributed by atoms with Crippen LogP contribution in [-0.2, 0) is 16.0 Å². The number of aryl methyl sites for hydroxylation is 1. The molecular formula is C18H18N2O2. The number of hydrogen-bond acceptors (Lipinski definition) is 2. The molecule has 0 unspecified atom stereocenters. The monoisotopic (exact) mass is 294 g/mol. The summed E-state index contributed by atoms with van der Waals surface area (Å²) in [5.74, 6) is -0.581. The number of anilines is 1. The molecule has 112 valence electrons. The van der Waals surface area contributed by atoms with Gasteiger partial charge in [-0.2, -0.15) is 0 Å². The molecule has 0 spiro atoms. The van der Waals surface area contributed by atoms with Crippen LogP contribution < -0.4 is 11.1 Å². The predicted octanol–water partition coefficient (Wildman–Crippen LogP) is 2.67. The molecule has 0 atom stereocenters. The number of hydrogen-bond donors (Lipinski definition) is 2. The molecule has 2 aromatic carbocycles. The van der Waals surface area contributed by atoms with Gasteiger partial charge in [0, 0.05) is 11.8 Å². The third kappa shape index (κ3) is 4.90. The lowest BCUT2D eigenvalue weighted by molar-refractivity contribution is -0.117. The number of nitrogens with two attached hydrogens (primary N) is 1. The van der Waals surface area contributed by atoms with Crippen LogP contribution in [0.1, 0.15) is 16.7 Å². The summed E-state index contributed by atoms with van der Waals surface area (Å²) in [7, 11) is 0. The molecule has 22 heavy (non-hydrogen) atoms. The van der Waals surface area contributed by atoms with E-state index >= 15 is 0 Å². The fourth-order valence-corrected chi connectivity index (χ4v) is 2.04. The van der Waals surface area contributed by atoms with E-state index in [1.54, 1.807) is 30.3 Å². The Bertz CT molecular complexity index is 703. The van der Waals surface area contributed by atoms with E-state index in [-0.39, 0.29) is 18.2 Å². The molecule has 0 saturated carbocycles. The minimum absolute atomic E-state index is 0.196. The SMILES string of the molecule is Cc1cccc(/C=C/C(=O)Nc2ccc(CC(N)=O)cc2)c1. The van der Waals surface area contributed by atoms with Crippen LogP contribution in [0, 0.1) is 6.92 Å². The molecule has 2 aromatic rings. The van der Waals surface area contributed by atoms with Gasteiger partial charge < -0.3 is 11.1 Å². The summed E-state index contributed by atoms with van der Waals surface area (Å²) in [4.78, 5) is 22.7. The van der Waals surface area contributed by atoms with Crippen molar-refractivity contribution in [1.82, 2.24) is 0 Å². The Hall–Kier alpha value is -2.88. The predicted molar refractivity (Wildman–Crippen MR) is 88.2 cm³/mol. The summed E-state index contributed by atoms with van der Waals surface area (Å²) < 4.78 is 0. The molecule has 0 bridgehead atoms. The molecule has 3 N–H and O–H groups in total. The topological polar surface area (TPSA) is 72.2 Å². The van der Waals surface area contributed by atoms with Crippen LogP contribution in [0.4, 0.5) is 5.69 Å². The van der Waals surface area contributed by atoms with Crippen molar-refractivity contribution in [3.8, 4) is 0 Å². The summed E-state index contributed by atoms with van der Waals surface area (Å²) in [5, 5.41) is 2.77. The van der Waals surface area contributed by atoms with E-state index in [1.807, 2.05) is 31.2 Å². The van der Waals surface area contributed by atoms with E-state index in [1.165, 1.54) is 6.08 Å². The highest BCUT2D eigenvalue weighted by atomic mass is 16.1. The van der Waals surface area contributed by atoms with Crippen LogP contribution in [0.15, 0.2) is 54.6 Å². The highest BCUT2D eigenvalue weighted by molar-refractivity contribution is 6.01. The fourth-order valence-electron chi connectivity index (χ4n) is 2.04. The number of nitrogens with one attached hydrogen (secondary N) is 1. The highest BCUT2D eigenvalue weighted by Gasteiger charge is 2.01. The molecule has 0 aromatic heterocycles. The van der Waals surface area contributed by atoms with Crippen LogP contribution >= 0.6 is 0 Å². The quantitative estimate of drug-likeness (QED) is 0.832. The van der Waals surface area contributed by atoms with E-state index in [4.69, 9.17) is 5.73 Å². The summed E-state index contributed by atoms with van der Waals surface area (Å²) in [6, 6.07) is 14.9. The van der Waals surface area contributed by atoms with Crippen molar-refractivity contribution in [3.63, 3.8) is 0 Å². The first-order chi connectivity index (χ1) is 10.5. The van der Waals surface area contributed by atoms with Crippen molar-refractivity contribution in [3.05, 3.63) is 71.3 Å². The molecule has 0 aliphatic rings. The number of amides is 2. The minimum Gasteiger partial charge on any atom is -0.369 e. The van der Waals surface area contributed by atoms with Gasteiger partial charge in [0.25, 0.3) is 0 Å². The summed E-state index contributed by atoms with van der Waals surface area (Å²) >= 11 is 0. The second-order valence-electron chi connectivity index (χ2n) is 5.08. The lowest BCUT2D eigenvalue weighted by atomic mass is 10.1. The largest absolute Gasteiger partial charge is 0.369 e. The molecular weight excluding hydrogens is 276 g/mol. The maximum Gasteiger partial charge on any atom is 0.248 e. The number of carbonyl (C=O) groups excluding carboxylic acids is 2. The van der Waals surface area contributed by atoms with Gasteiger partial charge in [0.15, 0.2) is 0 Å². The summed E-state index contributed by atoms with van der Waals surface area (Å²) in [5.41, 5.74) is 8.75. The van der Waals surface area contributed by atoms with Crippen molar-refractivity contribution in [2.45, 2.75) is 13.3 Å². The maximum absolute atomic E-state index is 11.9. The van der Waals surface area contributed by atoms with Crippen molar-refractivity contribution in [1.29, 1.82) is 0 Å². The molecule has 4 heteroatoms. The molecule has 2 amide bonds. The second kappa shape index (κ2) is 7.22. The van der Waals surface area contributed by atoms with E-state index < -0.39 is 0 Å². The maximum atomic E-state index is 11.9. The van der Waals surface area contributed by atoms with Crippen molar-refractivity contribution in [2.75, 3.05) is 5.32 Å². The molecule has 0 aliphatic heterocycles. The smallest absolute Gasteiger partial charge is 0.248 e. The van der Waals surface area contributed by atoms with Gasteiger partial charge in [-0.25, -0.2) is 0 Å². The van der Waals surface area contributed by atoms with Crippen LogP contribution in [0.2, 0.25) is 0 Å². The molecule has 0 radical (unpaired) electrons. The lowest BCUT2D eigenvalue weighted by Crippen LogP contribution is -2.13. The van der Waals surface area contributed by atoms with Crippen molar-refractivity contribution < 1.29 is 9.59 Å². The van der Waals surface area contributed by atoms with Gasteiger partial charge in [0.2, 0.25) is 11.8 Å². The number of benzene rings is 2. The zero-order valence-electron chi connectivity index (χ0n) is 12.4. The van der Waals surface area contributed by atoms with Gasteiger partial charge in [-0.15, -0.1) is 0 Å². The molecule has 0 aliphatic carbocycles.